The van der Waals surface area contributed by atoms with Crippen LogP contribution in [0.15, 0.2) is 65.6 Å². The molecule has 0 aliphatic rings. The van der Waals surface area contributed by atoms with Gasteiger partial charge >= 0.3 is 5.97 Å². The molecule has 0 radical (unpaired) electrons. The fourth-order valence-corrected chi connectivity index (χ4v) is 4.04. The summed E-state index contributed by atoms with van der Waals surface area (Å²) in [5.74, 6) is -0.366. The van der Waals surface area contributed by atoms with Crippen molar-refractivity contribution in [3.8, 4) is 0 Å². The summed E-state index contributed by atoms with van der Waals surface area (Å²) in [5.41, 5.74) is 0.517. The summed E-state index contributed by atoms with van der Waals surface area (Å²) in [5, 5.41) is 0. The lowest BCUT2D eigenvalue weighted by Crippen LogP contribution is -2.16. The number of ether oxygens (including phenoxy) is 8. The first kappa shape index (κ1) is 35.7. The third-order valence-electron chi connectivity index (χ3n) is 5.20. The van der Waals surface area contributed by atoms with Crippen molar-refractivity contribution in [2.24, 2.45) is 0 Å². The average Bonchev–Trinajstić information content (AvgIpc) is 3.01. The molecule has 13 heteroatoms. The molecule has 236 valence electrons. The van der Waals surface area contributed by atoms with Gasteiger partial charge in [0.2, 0.25) is 0 Å². The highest BCUT2D eigenvalue weighted by Crippen LogP contribution is 2.10. The Balaban J connectivity index is 1.22. The Morgan fingerprint density at radius 3 is 1.19 bits per heavy atom. The molecule has 0 saturated heterocycles. The molecule has 0 aliphatic heterocycles. The summed E-state index contributed by atoms with van der Waals surface area (Å²) in [6, 6.07) is 16.8. The second-order valence-electron chi connectivity index (χ2n) is 8.38. The highest BCUT2D eigenvalue weighted by Gasteiger charge is 2.13. The molecule has 0 unspecified atom stereocenters. The SMILES string of the molecule is O=C(OCCOCCOCCOCCOCCOCCOCCOCCOS(=O)(=O)c1ccccc1)c1ccccc1. The lowest BCUT2D eigenvalue weighted by molar-refractivity contribution is -0.0228. The summed E-state index contributed by atoms with van der Waals surface area (Å²) < 4.78 is 71.7. The van der Waals surface area contributed by atoms with E-state index in [4.69, 9.17) is 42.1 Å². The van der Waals surface area contributed by atoms with Crippen LogP contribution in [0.25, 0.3) is 0 Å². The molecule has 2 rings (SSSR count). The molecular formula is C29H42O12S. The van der Waals surface area contributed by atoms with Crippen LogP contribution in [-0.4, -0.2) is 120 Å². The van der Waals surface area contributed by atoms with E-state index >= 15 is 0 Å². The van der Waals surface area contributed by atoms with Crippen LogP contribution in [-0.2, 0) is 52.2 Å². The predicted octanol–water partition coefficient (Wildman–Crippen LogP) is 2.37. The van der Waals surface area contributed by atoms with Crippen molar-refractivity contribution < 1.29 is 55.3 Å². The normalized spacial score (nSPS) is 11.5. The average molecular weight is 615 g/mol. The molecule has 0 aliphatic carbocycles. The lowest BCUT2D eigenvalue weighted by atomic mass is 10.2. The number of benzene rings is 2. The van der Waals surface area contributed by atoms with Gasteiger partial charge in [0.25, 0.3) is 10.1 Å². The van der Waals surface area contributed by atoms with E-state index in [0.29, 0.717) is 91.5 Å². The first-order valence-corrected chi connectivity index (χ1v) is 15.2. The largest absolute Gasteiger partial charge is 0.460 e. The monoisotopic (exact) mass is 614 g/mol. The minimum Gasteiger partial charge on any atom is -0.460 e. The van der Waals surface area contributed by atoms with Crippen molar-refractivity contribution in [1.29, 1.82) is 0 Å². The number of rotatable bonds is 27. The van der Waals surface area contributed by atoms with Gasteiger partial charge in [0.05, 0.1) is 110 Å². The number of hydrogen-bond donors (Lipinski definition) is 0. The van der Waals surface area contributed by atoms with Crippen molar-refractivity contribution in [1.82, 2.24) is 0 Å². The number of hydrogen-bond acceptors (Lipinski definition) is 12. The first-order chi connectivity index (χ1) is 20.6. The molecular weight excluding hydrogens is 572 g/mol. The third kappa shape index (κ3) is 18.2. The van der Waals surface area contributed by atoms with Crippen LogP contribution in [0.1, 0.15) is 10.4 Å². The van der Waals surface area contributed by atoms with E-state index in [1.54, 1.807) is 42.5 Å². The summed E-state index contributed by atoms with van der Waals surface area (Å²) in [7, 11) is -3.76. The number of carbonyl (C=O) groups excluding carboxylic acids is 1. The zero-order valence-corrected chi connectivity index (χ0v) is 24.7. The summed E-state index contributed by atoms with van der Waals surface area (Å²) >= 11 is 0. The molecule has 0 saturated carbocycles. The fourth-order valence-electron chi connectivity index (χ4n) is 3.13. The van der Waals surface area contributed by atoms with Crippen molar-refractivity contribution in [2.45, 2.75) is 4.90 Å². The van der Waals surface area contributed by atoms with Crippen molar-refractivity contribution >= 4 is 16.1 Å². The smallest absolute Gasteiger partial charge is 0.338 e. The van der Waals surface area contributed by atoms with Crippen LogP contribution in [0, 0.1) is 0 Å². The highest BCUT2D eigenvalue weighted by molar-refractivity contribution is 7.86. The Morgan fingerprint density at radius 2 is 0.786 bits per heavy atom. The molecule has 0 heterocycles. The van der Waals surface area contributed by atoms with Gasteiger partial charge in [-0.15, -0.1) is 0 Å². The Hall–Kier alpha value is -2.46. The molecule has 42 heavy (non-hydrogen) atoms. The van der Waals surface area contributed by atoms with Crippen molar-refractivity contribution in [2.75, 3.05) is 106 Å². The van der Waals surface area contributed by atoms with Gasteiger partial charge in [-0.2, -0.15) is 8.42 Å². The molecule has 0 spiro atoms. The third-order valence-corrected chi connectivity index (χ3v) is 6.53. The maximum atomic E-state index is 11.9. The Labute approximate surface area is 248 Å². The Kier molecular flexibility index (Phi) is 20.4. The minimum absolute atomic E-state index is 0.0624. The highest BCUT2D eigenvalue weighted by atomic mass is 32.2. The van der Waals surface area contributed by atoms with E-state index in [0.717, 1.165) is 0 Å². The maximum Gasteiger partial charge on any atom is 0.338 e. The molecule has 2 aromatic carbocycles. The van der Waals surface area contributed by atoms with Gasteiger partial charge in [0, 0.05) is 0 Å². The van der Waals surface area contributed by atoms with Crippen LogP contribution in [0.4, 0.5) is 0 Å². The second-order valence-corrected chi connectivity index (χ2v) is 9.99. The number of esters is 1. The van der Waals surface area contributed by atoms with Crippen LogP contribution in [0.2, 0.25) is 0 Å². The van der Waals surface area contributed by atoms with Gasteiger partial charge in [-0.1, -0.05) is 36.4 Å². The maximum absolute atomic E-state index is 11.9. The van der Waals surface area contributed by atoms with Gasteiger partial charge in [0.1, 0.15) is 6.61 Å². The van der Waals surface area contributed by atoms with Crippen LogP contribution >= 0.6 is 0 Å². The van der Waals surface area contributed by atoms with Crippen molar-refractivity contribution in [3.05, 3.63) is 66.2 Å². The van der Waals surface area contributed by atoms with E-state index < -0.39 is 10.1 Å². The van der Waals surface area contributed by atoms with Gasteiger partial charge in [-0.05, 0) is 24.3 Å². The molecule has 2 aromatic rings. The second kappa shape index (κ2) is 24.0. The van der Waals surface area contributed by atoms with Crippen LogP contribution < -0.4 is 0 Å². The zero-order chi connectivity index (χ0) is 30.0. The molecule has 12 nitrogen and oxygen atoms in total. The van der Waals surface area contributed by atoms with E-state index in [1.807, 2.05) is 6.07 Å². The fraction of sp³-hybridized carbons (Fsp3) is 0.552. The first-order valence-electron chi connectivity index (χ1n) is 13.8. The van der Waals surface area contributed by atoms with Crippen LogP contribution in [0.5, 0.6) is 0 Å². The van der Waals surface area contributed by atoms with Gasteiger partial charge in [-0.25, -0.2) is 4.79 Å². The van der Waals surface area contributed by atoms with Gasteiger partial charge in [-0.3, -0.25) is 4.18 Å². The van der Waals surface area contributed by atoms with E-state index in [2.05, 4.69) is 0 Å². The molecule has 0 fully saturated rings. The van der Waals surface area contributed by atoms with Gasteiger partial charge < -0.3 is 37.9 Å². The van der Waals surface area contributed by atoms with Crippen LogP contribution in [0.3, 0.4) is 0 Å². The zero-order valence-electron chi connectivity index (χ0n) is 23.9. The summed E-state index contributed by atoms with van der Waals surface area (Å²) in [4.78, 5) is 11.9. The summed E-state index contributed by atoms with van der Waals surface area (Å²) in [6.45, 7) is 5.67. The number of carbonyl (C=O) groups is 1. The predicted molar refractivity (Wildman–Crippen MR) is 152 cm³/mol. The molecule has 0 atom stereocenters. The van der Waals surface area contributed by atoms with Gasteiger partial charge in [0.15, 0.2) is 0 Å². The van der Waals surface area contributed by atoms with Crippen molar-refractivity contribution in [3.63, 3.8) is 0 Å². The summed E-state index contributed by atoms with van der Waals surface area (Å²) in [6.07, 6.45) is 0. The Bertz CT molecular complexity index is 1020. The Morgan fingerprint density at radius 1 is 0.452 bits per heavy atom. The molecule has 0 bridgehead atoms. The molecule has 0 aromatic heterocycles. The topological polar surface area (TPSA) is 134 Å². The minimum atomic E-state index is -3.76. The molecule has 0 N–H and O–H groups in total. The van der Waals surface area contributed by atoms with E-state index in [-0.39, 0.29) is 30.7 Å². The van der Waals surface area contributed by atoms with E-state index in [9.17, 15) is 13.2 Å². The quantitative estimate of drug-likeness (QED) is 0.0831. The standard InChI is InChI=1S/C29H42O12S/c30-29(27-7-3-1-4-8-27)40-25-23-38-21-19-36-17-15-34-13-11-33-12-14-35-16-18-37-20-22-39-24-26-41-42(31,32)28-9-5-2-6-10-28/h1-10H,11-26H2. The molecule has 0 amide bonds. The van der Waals surface area contributed by atoms with E-state index in [1.165, 1.54) is 12.1 Å². The lowest BCUT2D eigenvalue weighted by Gasteiger charge is -2.09.